The summed E-state index contributed by atoms with van der Waals surface area (Å²) in [6.07, 6.45) is 1.50. The summed E-state index contributed by atoms with van der Waals surface area (Å²) in [5.74, 6) is 1.64. The van der Waals surface area contributed by atoms with E-state index in [-0.39, 0.29) is 11.5 Å². The van der Waals surface area contributed by atoms with Gasteiger partial charge >= 0.3 is 0 Å². The number of fused-ring (bicyclic) bond motifs is 3. The van der Waals surface area contributed by atoms with Crippen LogP contribution in [0.2, 0.25) is 0 Å². The summed E-state index contributed by atoms with van der Waals surface area (Å²) in [7, 11) is 3.12. The van der Waals surface area contributed by atoms with Crippen LogP contribution < -0.4 is 14.2 Å². The van der Waals surface area contributed by atoms with Gasteiger partial charge in [-0.1, -0.05) is 18.2 Å². The molecule has 34 heavy (non-hydrogen) atoms. The van der Waals surface area contributed by atoms with Gasteiger partial charge in [0.05, 0.1) is 31.3 Å². The van der Waals surface area contributed by atoms with Crippen molar-refractivity contribution in [2.24, 2.45) is 0 Å². The van der Waals surface area contributed by atoms with E-state index in [9.17, 15) is 9.90 Å². The van der Waals surface area contributed by atoms with Crippen molar-refractivity contribution in [3.63, 3.8) is 0 Å². The molecule has 0 unspecified atom stereocenters. The van der Waals surface area contributed by atoms with E-state index in [1.54, 1.807) is 51.5 Å². The largest absolute Gasteiger partial charge is 0.507 e. The average Bonchev–Trinajstić information content (AvgIpc) is 3.27. The van der Waals surface area contributed by atoms with Gasteiger partial charge in [-0.15, -0.1) is 5.10 Å². The highest BCUT2D eigenvalue weighted by Gasteiger charge is 2.36. The lowest BCUT2D eigenvalue weighted by Gasteiger charge is -2.28. The van der Waals surface area contributed by atoms with E-state index in [4.69, 9.17) is 19.2 Å². The number of carbonyl (C=O) groups excluding carboxylic acids is 1. The zero-order valence-electron chi connectivity index (χ0n) is 19.1. The van der Waals surface area contributed by atoms with Gasteiger partial charge in [0.1, 0.15) is 17.8 Å². The Kier molecular flexibility index (Phi) is 5.16. The fourth-order valence-corrected chi connectivity index (χ4v) is 4.33. The molecular formula is C25H22N4O5. The molecule has 0 spiro atoms. The van der Waals surface area contributed by atoms with Gasteiger partial charge in [0.25, 0.3) is 0 Å². The Balaban J connectivity index is 1.78. The quantitative estimate of drug-likeness (QED) is 0.480. The molecule has 2 aromatic carbocycles. The summed E-state index contributed by atoms with van der Waals surface area (Å²) in [4.78, 5) is 22.0. The third-order valence-electron chi connectivity index (χ3n) is 5.86. The topological polar surface area (TPSA) is 108 Å². The molecule has 1 aliphatic rings. The number of methoxy groups -OCH3 is 2. The Morgan fingerprint density at radius 2 is 1.88 bits per heavy atom. The molecule has 0 bridgehead atoms. The number of Topliss-reactive ketones (excluding diaryl/α,β-unsaturated/α-hetero) is 1. The smallest absolute Gasteiger partial charge is 0.228 e. The number of nitrogens with zero attached hydrogens (tertiary/aromatic N) is 4. The molecule has 0 amide bonds. The number of phenolic OH excluding ortho intramolecular Hbond substituents is 1. The minimum absolute atomic E-state index is 0.0630. The zero-order valence-corrected chi connectivity index (χ0v) is 19.1. The predicted octanol–water partition coefficient (Wildman–Crippen LogP) is 3.90. The first kappa shape index (κ1) is 21.4. The lowest BCUT2D eigenvalue weighted by molar-refractivity contribution is -0.114. The highest BCUT2D eigenvalue weighted by Crippen LogP contribution is 2.46. The van der Waals surface area contributed by atoms with E-state index < -0.39 is 5.92 Å². The van der Waals surface area contributed by atoms with Crippen LogP contribution in [-0.2, 0) is 4.79 Å². The number of aromatic nitrogens is 4. The summed E-state index contributed by atoms with van der Waals surface area (Å²) in [5, 5.41) is 14.8. The van der Waals surface area contributed by atoms with Crippen molar-refractivity contribution in [2.75, 3.05) is 14.2 Å². The maximum absolute atomic E-state index is 12.8. The van der Waals surface area contributed by atoms with Gasteiger partial charge in [0, 0.05) is 5.57 Å². The van der Waals surface area contributed by atoms with Crippen molar-refractivity contribution in [3.8, 4) is 34.5 Å². The molecule has 0 fully saturated rings. The molecular weight excluding hydrogens is 436 g/mol. The summed E-state index contributed by atoms with van der Waals surface area (Å²) in [5.41, 5.74) is 2.82. The maximum atomic E-state index is 12.8. The molecule has 2 aromatic heterocycles. The molecule has 1 aliphatic heterocycles. The van der Waals surface area contributed by atoms with Gasteiger partial charge in [-0.05, 0) is 43.7 Å². The van der Waals surface area contributed by atoms with Gasteiger partial charge in [-0.3, -0.25) is 4.79 Å². The van der Waals surface area contributed by atoms with Crippen molar-refractivity contribution < 1.29 is 24.1 Å². The molecule has 9 heteroatoms. The minimum atomic E-state index is -0.529. The number of aromatic hydroxyl groups is 1. The van der Waals surface area contributed by atoms with Gasteiger partial charge in [-0.2, -0.15) is 0 Å². The molecule has 1 N–H and O–H groups in total. The Morgan fingerprint density at radius 3 is 2.59 bits per heavy atom. The second kappa shape index (κ2) is 8.18. The summed E-state index contributed by atoms with van der Waals surface area (Å²) in [6.45, 7) is 3.25. The number of hydrogen-bond donors (Lipinski definition) is 1. The number of carbonyl (C=O) groups is 1. The fourth-order valence-electron chi connectivity index (χ4n) is 4.33. The van der Waals surface area contributed by atoms with Gasteiger partial charge in [0.15, 0.2) is 28.8 Å². The standard InChI is InChI=1S/C25H22N4O5/c1-13(30)20-14(2)34-25-22(21(20)15-9-10-18(32-3)19(11-15)33-4)24-27-23(28-29(24)12-26-25)16-7-5-6-8-17(16)31/h5-12,21,31H,1-4H3/t21-/m0/s1. The second-order valence-electron chi connectivity index (χ2n) is 7.86. The van der Waals surface area contributed by atoms with E-state index in [0.717, 1.165) is 5.56 Å². The van der Waals surface area contributed by atoms with E-state index in [1.165, 1.54) is 17.8 Å². The van der Waals surface area contributed by atoms with Crippen molar-refractivity contribution in [2.45, 2.75) is 19.8 Å². The normalized spacial score (nSPS) is 15.1. The number of hydrogen-bond acceptors (Lipinski definition) is 8. The Labute approximate surface area is 195 Å². The van der Waals surface area contributed by atoms with Crippen LogP contribution >= 0.6 is 0 Å². The monoisotopic (exact) mass is 458 g/mol. The first-order valence-corrected chi connectivity index (χ1v) is 10.6. The number of para-hydroxylation sites is 1. The lowest BCUT2D eigenvalue weighted by Crippen LogP contribution is -2.22. The summed E-state index contributed by atoms with van der Waals surface area (Å²) >= 11 is 0. The third kappa shape index (κ3) is 3.33. The number of rotatable bonds is 5. The Hall–Kier alpha value is -4.40. The summed E-state index contributed by atoms with van der Waals surface area (Å²) < 4.78 is 18.4. The summed E-state index contributed by atoms with van der Waals surface area (Å²) in [6, 6.07) is 12.3. The SMILES string of the molecule is COc1ccc([C@H]2C(C(C)=O)=C(C)Oc3ncn4nc(-c5ccccc5O)nc4c32)cc1OC. The van der Waals surface area contributed by atoms with Crippen LogP contribution in [0.25, 0.3) is 17.0 Å². The van der Waals surface area contributed by atoms with Crippen molar-refractivity contribution in [3.05, 3.63) is 71.3 Å². The van der Waals surface area contributed by atoms with Crippen LogP contribution in [0.1, 0.15) is 30.9 Å². The first-order chi connectivity index (χ1) is 16.4. The molecule has 1 atom stereocenters. The molecule has 0 radical (unpaired) electrons. The van der Waals surface area contributed by atoms with Crippen LogP contribution in [0.4, 0.5) is 0 Å². The molecule has 0 saturated carbocycles. The van der Waals surface area contributed by atoms with E-state index >= 15 is 0 Å². The zero-order chi connectivity index (χ0) is 24.0. The molecule has 0 aliphatic carbocycles. The van der Waals surface area contributed by atoms with Crippen LogP contribution in [0, 0.1) is 0 Å². The van der Waals surface area contributed by atoms with E-state index in [2.05, 4.69) is 10.1 Å². The fraction of sp³-hybridized carbons (Fsp3) is 0.200. The number of ketones is 1. The molecule has 4 aromatic rings. The van der Waals surface area contributed by atoms with Crippen molar-refractivity contribution in [1.29, 1.82) is 0 Å². The minimum Gasteiger partial charge on any atom is -0.507 e. The van der Waals surface area contributed by atoms with Crippen molar-refractivity contribution >= 4 is 11.4 Å². The second-order valence-corrected chi connectivity index (χ2v) is 7.86. The van der Waals surface area contributed by atoms with Crippen molar-refractivity contribution in [1.82, 2.24) is 19.6 Å². The van der Waals surface area contributed by atoms with Crippen LogP contribution in [0.5, 0.6) is 23.1 Å². The number of ether oxygens (including phenoxy) is 3. The lowest BCUT2D eigenvalue weighted by atomic mass is 9.81. The van der Waals surface area contributed by atoms with Gasteiger partial charge in [0.2, 0.25) is 5.88 Å². The maximum Gasteiger partial charge on any atom is 0.228 e. The van der Waals surface area contributed by atoms with Gasteiger partial charge < -0.3 is 19.3 Å². The number of allylic oxidation sites excluding steroid dienone is 2. The highest BCUT2D eigenvalue weighted by molar-refractivity contribution is 5.97. The first-order valence-electron chi connectivity index (χ1n) is 10.6. The molecule has 9 nitrogen and oxygen atoms in total. The van der Waals surface area contributed by atoms with Crippen LogP contribution in [0.15, 0.2) is 60.1 Å². The number of benzene rings is 2. The van der Waals surface area contributed by atoms with Crippen LogP contribution in [0.3, 0.4) is 0 Å². The van der Waals surface area contributed by atoms with Crippen LogP contribution in [-0.4, -0.2) is 44.7 Å². The third-order valence-corrected chi connectivity index (χ3v) is 5.86. The Morgan fingerprint density at radius 1 is 1.12 bits per heavy atom. The molecule has 0 saturated heterocycles. The predicted molar refractivity (Wildman–Crippen MR) is 123 cm³/mol. The Bertz CT molecular complexity index is 1470. The molecule has 5 rings (SSSR count). The average molecular weight is 458 g/mol. The van der Waals surface area contributed by atoms with E-state index in [1.807, 2.05) is 12.1 Å². The number of phenols is 1. The highest BCUT2D eigenvalue weighted by atomic mass is 16.5. The molecule has 3 heterocycles. The van der Waals surface area contributed by atoms with E-state index in [0.29, 0.717) is 51.3 Å². The van der Waals surface area contributed by atoms with Gasteiger partial charge in [-0.25, -0.2) is 14.5 Å². The molecule has 172 valence electrons.